The Bertz CT molecular complexity index is 897. The van der Waals surface area contributed by atoms with Crippen molar-refractivity contribution in [3.8, 4) is 11.5 Å². The standard InChI is InChI=1S/C24H32N4O3.HI/c1-4-31-22-16-20(12-13-21(22)30-3)27-24(25-2)26-17-18-8-10-19(11-9-18)23(29)28-14-6-5-7-15-28;/h8-13,16H,4-7,14-15,17H2,1-3H3,(H2,25,26,27);1H. The first-order valence-electron chi connectivity index (χ1n) is 10.8. The van der Waals surface area contributed by atoms with Gasteiger partial charge in [0.2, 0.25) is 0 Å². The number of methoxy groups -OCH3 is 1. The summed E-state index contributed by atoms with van der Waals surface area (Å²) in [5, 5.41) is 6.56. The zero-order valence-electron chi connectivity index (χ0n) is 19.0. The van der Waals surface area contributed by atoms with Gasteiger partial charge in [0.05, 0.1) is 13.7 Å². The highest BCUT2D eigenvalue weighted by Crippen LogP contribution is 2.30. The number of guanidine groups is 1. The molecule has 3 rings (SSSR count). The maximum atomic E-state index is 12.6. The Kier molecular flexibility index (Phi) is 10.6. The molecule has 0 saturated carbocycles. The molecular weight excluding hydrogens is 519 g/mol. The molecule has 8 heteroatoms. The van der Waals surface area contributed by atoms with Crippen molar-refractivity contribution in [1.29, 1.82) is 0 Å². The minimum absolute atomic E-state index is 0. The van der Waals surface area contributed by atoms with Crippen LogP contribution in [0.1, 0.15) is 42.1 Å². The summed E-state index contributed by atoms with van der Waals surface area (Å²) in [6.07, 6.45) is 3.41. The number of nitrogens with zero attached hydrogens (tertiary/aromatic N) is 2. The number of hydrogen-bond acceptors (Lipinski definition) is 4. The molecule has 2 N–H and O–H groups in total. The van der Waals surface area contributed by atoms with Crippen molar-refractivity contribution < 1.29 is 14.3 Å². The van der Waals surface area contributed by atoms with Crippen LogP contribution >= 0.6 is 24.0 Å². The number of benzene rings is 2. The molecule has 2 aromatic rings. The number of halogens is 1. The lowest BCUT2D eigenvalue weighted by molar-refractivity contribution is 0.0724. The van der Waals surface area contributed by atoms with Crippen molar-refractivity contribution in [1.82, 2.24) is 10.2 Å². The minimum atomic E-state index is 0. The summed E-state index contributed by atoms with van der Waals surface area (Å²) >= 11 is 0. The van der Waals surface area contributed by atoms with Crippen molar-refractivity contribution in [3.05, 3.63) is 53.6 Å². The van der Waals surface area contributed by atoms with Crippen molar-refractivity contribution in [2.45, 2.75) is 32.7 Å². The molecule has 0 aliphatic carbocycles. The van der Waals surface area contributed by atoms with Gasteiger partial charge in [-0.3, -0.25) is 9.79 Å². The lowest BCUT2D eigenvalue weighted by Crippen LogP contribution is -2.35. The molecule has 1 saturated heterocycles. The lowest BCUT2D eigenvalue weighted by Gasteiger charge is -2.26. The van der Waals surface area contributed by atoms with Crippen LogP contribution in [-0.4, -0.2) is 50.6 Å². The fourth-order valence-electron chi connectivity index (χ4n) is 3.57. The summed E-state index contributed by atoms with van der Waals surface area (Å²) in [7, 11) is 3.35. The molecule has 0 unspecified atom stereocenters. The van der Waals surface area contributed by atoms with Gasteiger partial charge in [-0.15, -0.1) is 24.0 Å². The Morgan fingerprint density at radius 1 is 1.06 bits per heavy atom. The lowest BCUT2D eigenvalue weighted by atomic mass is 10.1. The molecule has 0 spiro atoms. The van der Waals surface area contributed by atoms with Crippen molar-refractivity contribution >= 4 is 41.5 Å². The SMILES string of the molecule is CCOc1cc(NC(=NC)NCc2ccc(C(=O)N3CCCCC3)cc2)ccc1OC.I. The number of amides is 1. The van der Waals surface area contributed by atoms with E-state index >= 15 is 0 Å². The summed E-state index contributed by atoms with van der Waals surface area (Å²) in [5.41, 5.74) is 2.66. The van der Waals surface area contributed by atoms with Crippen molar-refractivity contribution in [2.24, 2.45) is 4.99 Å². The number of likely N-dealkylation sites (tertiary alicyclic amines) is 1. The van der Waals surface area contributed by atoms with E-state index in [1.54, 1.807) is 14.2 Å². The Morgan fingerprint density at radius 3 is 2.41 bits per heavy atom. The summed E-state index contributed by atoms with van der Waals surface area (Å²) in [4.78, 5) is 18.8. The van der Waals surface area contributed by atoms with Gasteiger partial charge in [0.15, 0.2) is 17.5 Å². The highest BCUT2D eigenvalue weighted by molar-refractivity contribution is 14.0. The van der Waals surface area contributed by atoms with Crippen LogP contribution in [0.4, 0.5) is 5.69 Å². The number of nitrogens with one attached hydrogen (secondary N) is 2. The van der Waals surface area contributed by atoms with E-state index in [-0.39, 0.29) is 29.9 Å². The summed E-state index contributed by atoms with van der Waals surface area (Å²) in [5.74, 6) is 2.14. The highest BCUT2D eigenvalue weighted by atomic mass is 127. The molecule has 1 amide bonds. The Labute approximate surface area is 207 Å². The summed E-state index contributed by atoms with van der Waals surface area (Å²) in [6.45, 7) is 4.81. The van der Waals surface area contributed by atoms with Crippen LogP contribution in [0, 0.1) is 0 Å². The van der Waals surface area contributed by atoms with Gasteiger partial charge in [0.1, 0.15) is 0 Å². The number of anilines is 1. The molecular formula is C24H33IN4O3. The zero-order valence-corrected chi connectivity index (χ0v) is 21.3. The minimum Gasteiger partial charge on any atom is -0.493 e. The van der Waals surface area contributed by atoms with E-state index in [1.807, 2.05) is 54.3 Å². The molecule has 0 aromatic heterocycles. The number of hydrogen-bond donors (Lipinski definition) is 2. The van der Waals surface area contributed by atoms with Gasteiger partial charge in [0.25, 0.3) is 5.91 Å². The van der Waals surface area contributed by atoms with Gasteiger partial charge in [0, 0.05) is 44.0 Å². The van der Waals surface area contributed by atoms with Crippen LogP contribution in [0.2, 0.25) is 0 Å². The number of piperidine rings is 1. The van der Waals surface area contributed by atoms with Gasteiger partial charge in [-0.2, -0.15) is 0 Å². The average molecular weight is 552 g/mol. The number of carbonyl (C=O) groups excluding carboxylic acids is 1. The maximum Gasteiger partial charge on any atom is 0.253 e. The van der Waals surface area contributed by atoms with Gasteiger partial charge in [-0.1, -0.05) is 12.1 Å². The first-order valence-corrected chi connectivity index (χ1v) is 10.8. The molecule has 1 fully saturated rings. The molecule has 0 atom stereocenters. The van der Waals surface area contributed by atoms with Crippen molar-refractivity contribution in [3.63, 3.8) is 0 Å². The molecule has 1 aliphatic heterocycles. The van der Waals surface area contributed by atoms with Crippen LogP contribution in [0.15, 0.2) is 47.5 Å². The Hall–Kier alpha value is -2.49. The number of rotatable bonds is 7. The van der Waals surface area contributed by atoms with Gasteiger partial charge >= 0.3 is 0 Å². The summed E-state index contributed by atoms with van der Waals surface area (Å²) in [6, 6.07) is 13.4. The molecule has 0 bridgehead atoms. The number of aliphatic imine (C=N–C) groups is 1. The van der Waals surface area contributed by atoms with E-state index in [1.165, 1.54) is 6.42 Å². The first kappa shape index (κ1) is 25.8. The van der Waals surface area contributed by atoms with Gasteiger partial charge in [-0.25, -0.2) is 0 Å². The quantitative estimate of drug-likeness (QED) is 0.300. The fourth-order valence-corrected chi connectivity index (χ4v) is 3.57. The van der Waals surface area contributed by atoms with Crippen LogP contribution in [-0.2, 0) is 6.54 Å². The third-order valence-corrected chi connectivity index (χ3v) is 5.25. The Morgan fingerprint density at radius 2 is 1.78 bits per heavy atom. The largest absolute Gasteiger partial charge is 0.493 e. The van der Waals surface area contributed by atoms with E-state index in [2.05, 4.69) is 15.6 Å². The molecule has 174 valence electrons. The Balaban J connectivity index is 0.00000363. The first-order chi connectivity index (χ1) is 15.1. The van der Waals surface area contributed by atoms with E-state index in [4.69, 9.17) is 9.47 Å². The second-order valence-corrected chi connectivity index (χ2v) is 7.40. The van der Waals surface area contributed by atoms with E-state index < -0.39 is 0 Å². The predicted molar refractivity (Wildman–Crippen MR) is 140 cm³/mol. The monoisotopic (exact) mass is 552 g/mol. The summed E-state index contributed by atoms with van der Waals surface area (Å²) < 4.78 is 11.0. The molecule has 0 radical (unpaired) electrons. The topological polar surface area (TPSA) is 75.2 Å². The van der Waals surface area contributed by atoms with Crippen LogP contribution < -0.4 is 20.1 Å². The molecule has 1 heterocycles. The molecule has 1 aliphatic rings. The fraction of sp³-hybridized carbons (Fsp3) is 0.417. The number of carbonyl (C=O) groups is 1. The predicted octanol–water partition coefficient (Wildman–Crippen LogP) is 4.53. The van der Waals surface area contributed by atoms with Gasteiger partial charge in [-0.05, 0) is 56.0 Å². The second-order valence-electron chi connectivity index (χ2n) is 7.40. The highest BCUT2D eigenvalue weighted by Gasteiger charge is 2.17. The van der Waals surface area contributed by atoms with E-state index in [0.717, 1.165) is 42.7 Å². The smallest absolute Gasteiger partial charge is 0.253 e. The maximum absolute atomic E-state index is 12.6. The van der Waals surface area contributed by atoms with Crippen LogP contribution in [0.3, 0.4) is 0 Å². The third-order valence-electron chi connectivity index (χ3n) is 5.25. The van der Waals surface area contributed by atoms with E-state index in [0.29, 0.717) is 30.6 Å². The molecule has 2 aromatic carbocycles. The second kappa shape index (κ2) is 13.1. The molecule has 7 nitrogen and oxygen atoms in total. The molecule has 32 heavy (non-hydrogen) atoms. The van der Waals surface area contributed by atoms with E-state index in [9.17, 15) is 4.79 Å². The third kappa shape index (κ3) is 7.01. The zero-order chi connectivity index (χ0) is 22.1. The van der Waals surface area contributed by atoms with Gasteiger partial charge < -0.3 is 25.0 Å². The van der Waals surface area contributed by atoms with Crippen molar-refractivity contribution in [2.75, 3.05) is 39.2 Å². The van der Waals surface area contributed by atoms with Crippen LogP contribution in [0.5, 0.6) is 11.5 Å². The average Bonchev–Trinajstić information content (AvgIpc) is 2.82. The van der Waals surface area contributed by atoms with Crippen LogP contribution in [0.25, 0.3) is 0 Å². The normalized spacial score (nSPS) is 13.7. The number of ether oxygens (including phenoxy) is 2.